The van der Waals surface area contributed by atoms with E-state index >= 15 is 0 Å². The minimum absolute atomic E-state index is 0.382. The van der Waals surface area contributed by atoms with Crippen LogP contribution in [0, 0.1) is 11.8 Å². The van der Waals surface area contributed by atoms with Crippen LogP contribution >= 0.6 is 11.6 Å². The molecule has 1 aliphatic carbocycles. The summed E-state index contributed by atoms with van der Waals surface area (Å²) in [7, 11) is 0. The molecular weight excluding hydrogens is 270 g/mol. The fourth-order valence-corrected chi connectivity index (χ4v) is 4.05. The molecule has 3 unspecified atom stereocenters. The zero-order valence-electron chi connectivity index (χ0n) is 11.3. The summed E-state index contributed by atoms with van der Waals surface area (Å²) in [6.07, 6.45) is 4.34. The molecule has 2 fully saturated rings. The van der Waals surface area contributed by atoms with Gasteiger partial charge in [-0.1, -0.05) is 11.6 Å². The highest BCUT2D eigenvalue weighted by Gasteiger charge is 2.41. The fourth-order valence-electron chi connectivity index (χ4n) is 3.89. The van der Waals surface area contributed by atoms with Crippen molar-refractivity contribution in [3.63, 3.8) is 0 Å². The van der Waals surface area contributed by atoms with E-state index < -0.39 is 0 Å². The Bertz CT molecular complexity index is 657. The Balaban J connectivity index is 1.73. The zero-order chi connectivity index (χ0) is 13.7. The van der Waals surface area contributed by atoms with E-state index in [0.717, 1.165) is 29.5 Å². The number of anilines is 1. The Hall–Kier alpha value is -1.32. The number of hydrogen-bond acceptors (Lipinski definition) is 3. The maximum Gasteiger partial charge on any atom is 0.0737 e. The molecule has 20 heavy (non-hydrogen) atoms. The van der Waals surface area contributed by atoms with Crippen LogP contribution in [0.25, 0.3) is 10.9 Å². The Morgan fingerprint density at radius 2 is 2.10 bits per heavy atom. The molecule has 3 atom stereocenters. The Morgan fingerprint density at radius 1 is 1.20 bits per heavy atom. The first kappa shape index (κ1) is 12.4. The van der Waals surface area contributed by atoms with Gasteiger partial charge in [-0.25, -0.2) is 0 Å². The van der Waals surface area contributed by atoms with Gasteiger partial charge in [-0.15, -0.1) is 0 Å². The third-order valence-corrected chi connectivity index (χ3v) is 5.17. The van der Waals surface area contributed by atoms with E-state index in [1.807, 2.05) is 18.3 Å². The first-order valence-electron chi connectivity index (χ1n) is 7.27. The monoisotopic (exact) mass is 287 g/mol. The van der Waals surface area contributed by atoms with Crippen LogP contribution in [0.1, 0.15) is 12.8 Å². The molecule has 1 aliphatic heterocycles. The number of nitrogens with two attached hydrogens (primary N) is 1. The van der Waals surface area contributed by atoms with E-state index in [-0.39, 0.29) is 0 Å². The molecule has 1 aromatic carbocycles. The van der Waals surface area contributed by atoms with Crippen molar-refractivity contribution in [2.45, 2.75) is 18.9 Å². The van der Waals surface area contributed by atoms with Crippen molar-refractivity contribution in [1.82, 2.24) is 4.98 Å². The average Bonchev–Trinajstić information content (AvgIpc) is 3.00. The average molecular weight is 288 g/mol. The largest absolute Gasteiger partial charge is 0.370 e. The van der Waals surface area contributed by atoms with E-state index in [4.69, 9.17) is 17.3 Å². The minimum Gasteiger partial charge on any atom is -0.370 e. The molecule has 0 amide bonds. The first-order chi connectivity index (χ1) is 9.72. The molecule has 4 rings (SSSR count). The van der Waals surface area contributed by atoms with Crippen molar-refractivity contribution < 1.29 is 0 Å². The summed E-state index contributed by atoms with van der Waals surface area (Å²) in [6, 6.07) is 8.45. The van der Waals surface area contributed by atoms with E-state index in [1.54, 1.807) is 0 Å². The van der Waals surface area contributed by atoms with E-state index in [2.05, 4.69) is 22.0 Å². The van der Waals surface area contributed by atoms with Gasteiger partial charge in [0.15, 0.2) is 0 Å². The SMILES string of the molecule is NC1CCC2CN(c3ccnc4cc(Cl)ccc34)CC12. The topological polar surface area (TPSA) is 42.1 Å². The summed E-state index contributed by atoms with van der Waals surface area (Å²) >= 11 is 6.06. The van der Waals surface area contributed by atoms with Gasteiger partial charge >= 0.3 is 0 Å². The van der Waals surface area contributed by atoms with Gasteiger partial charge in [0, 0.05) is 41.4 Å². The molecular formula is C16H18ClN3. The van der Waals surface area contributed by atoms with Crippen molar-refractivity contribution in [3.8, 4) is 0 Å². The van der Waals surface area contributed by atoms with Crippen LogP contribution in [0.4, 0.5) is 5.69 Å². The summed E-state index contributed by atoms with van der Waals surface area (Å²) in [4.78, 5) is 6.90. The van der Waals surface area contributed by atoms with Crippen molar-refractivity contribution in [3.05, 3.63) is 35.5 Å². The summed E-state index contributed by atoms with van der Waals surface area (Å²) in [5.74, 6) is 1.42. The number of pyridine rings is 1. The molecule has 2 aromatic rings. The van der Waals surface area contributed by atoms with Crippen molar-refractivity contribution in [1.29, 1.82) is 0 Å². The fraction of sp³-hybridized carbons (Fsp3) is 0.438. The summed E-state index contributed by atoms with van der Waals surface area (Å²) in [6.45, 7) is 2.20. The maximum atomic E-state index is 6.24. The third-order valence-electron chi connectivity index (χ3n) is 4.93. The molecule has 3 nitrogen and oxygen atoms in total. The first-order valence-corrected chi connectivity index (χ1v) is 7.65. The van der Waals surface area contributed by atoms with Gasteiger partial charge in [0.1, 0.15) is 0 Å². The summed E-state index contributed by atoms with van der Waals surface area (Å²) < 4.78 is 0. The van der Waals surface area contributed by atoms with Gasteiger partial charge < -0.3 is 10.6 Å². The highest BCUT2D eigenvalue weighted by atomic mass is 35.5. The molecule has 0 bridgehead atoms. The number of nitrogens with zero attached hydrogens (tertiary/aromatic N) is 2. The van der Waals surface area contributed by atoms with E-state index in [1.165, 1.54) is 23.9 Å². The number of aromatic nitrogens is 1. The lowest BCUT2D eigenvalue weighted by atomic mass is 9.98. The smallest absolute Gasteiger partial charge is 0.0737 e. The van der Waals surface area contributed by atoms with Gasteiger partial charge in [-0.2, -0.15) is 0 Å². The van der Waals surface area contributed by atoms with E-state index in [0.29, 0.717) is 12.0 Å². The standard InChI is InChI=1S/C16H18ClN3/c17-11-2-3-12-15(7-11)19-6-5-16(12)20-8-10-1-4-14(18)13(10)9-20/h2-3,5-7,10,13-14H,1,4,8-9,18H2. The lowest BCUT2D eigenvalue weighted by Gasteiger charge is -2.22. The molecule has 1 aromatic heterocycles. The van der Waals surface area contributed by atoms with Crippen LogP contribution in [0.3, 0.4) is 0 Å². The highest BCUT2D eigenvalue weighted by Crippen LogP contribution is 2.40. The number of hydrogen-bond donors (Lipinski definition) is 1. The van der Waals surface area contributed by atoms with Crippen LogP contribution in [-0.4, -0.2) is 24.1 Å². The number of fused-ring (bicyclic) bond motifs is 2. The lowest BCUT2D eigenvalue weighted by Crippen LogP contribution is -2.30. The molecule has 2 N–H and O–H groups in total. The van der Waals surface area contributed by atoms with Crippen molar-refractivity contribution in [2.75, 3.05) is 18.0 Å². The van der Waals surface area contributed by atoms with Crippen LogP contribution in [0.5, 0.6) is 0 Å². The molecule has 104 valence electrons. The molecule has 2 heterocycles. The molecule has 0 spiro atoms. The molecule has 0 radical (unpaired) electrons. The Morgan fingerprint density at radius 3 is 2.95 bits per heavy atom. The van der Waals surface area contributed by atoms with Crippen LogP contribution < -0.4 is 10.6 Å². The molecule has 2 aliphatic rings. The number of benzene rings is 1. The van der Waals surface area contributed by atoms with Crippen molar-refractivity contribution >= 4 is 28.2 Å². The van der Waals surface area contributed by atoms with E-state index in [9.17, 15) is 0 Å². The van der Waals surface area contributed by atoms with Crippen LogP contribution in [0.15, 0.2) is 30.5 Å². The summed E-state index contributed by atoms with van der Waals surface area (Å²) in [5, 5.41) is 1.92. The molecule has 1 saturated heterocycles. The summed E-state index contributed by atoms with van der Waals surface area (Å²) in [5.41, 5.74) is 8.48. The predicted octanol–water partition coefficient (Wildman–Crippen LogP) is 3.06. The van der Waals surface area contributed by atoms with Crippen molar-refractivity contribution in [2.24, 2.45) is 17.6 Å². The Kier molecular flexibility index (Phi) is 2.86. The highest BCUT2D eigenvalue weighted by molar-refractivity contribution is 6.31. The second kappa shape index (κ2) is 4.61. The van der Waals surface area contributed by atoms with Gasteiger partial charge in [0.05, 0.1) is 5.52 Å². The van der Waals surface area contributed by atoms with Gasteiger partial charge in [0.2, 0.25) is 0 Å². The second-order valence-corrected chi connectivity index (χ2v) is 6.50. The molecule has 4 heteroatoms. The van der Waals surface area contributed by atoms with Gasteiger partial charge in [-0.3, -0.25) is 4.98 Å². The lowest BCUT2D eigenvalue weighted by molar-refractivity contribution is 0.453. The Labute approximate surface area is 123 Å². The predicted molar refractivity (Wildman–Crippen MR) is 83.2 cm³/mol. The normalized spacial score (nSPS) is 29.1. The van der Waals surface area contributed by atoms with Crippen LogP contribution in [-0.2, 0) is 0 Å². The quantitative estimate of drug-likeness (QED) is 0.876. The number of rotatable bonds is 1. The van der Waals surface area contributed by atoms with Gasteiger partial charge in [0.25, 0.3) is 0 Å². The van der Waals surface area contributed by atoms with Gasteiger partial charge in [-0.05, 0) is 48.9 Å². The molecule has 1 saturated carbocycles. The minimum atomic E-state index is 0.382. The third kappa shape index (κ3) is 1.88. The maximum absolute atomic E-state index is 6.24. The van der Waals surface area contributed by atoms with Crippen LogP contribution in [0.2, 0.25) is 5.02 Å². The second-order valence-electron chi connectivity index (χ2n) is 6.06. The number of halogens is 1. The zero-order valence-corrected chi connectivity index (χ0v) is 12.1.